The fourth-order valence-electron chi connectivity index (χ4n) is 2.33. The number of benzene rings is 1. The van der Waals surface area contributed by atoms with Crippen LogP contribution in [0.25, 0.3) is 0 Å². The van der Waals surface area contributed by atoms with Crippen molar-refractivity contribution in [2.75, 3.05) is 7.11 Å². The third kappa shape index (κ3) is 2.24. The molecule has 1 aromatic carbocycles. The van der Waals surface area contributed by atoms with Gasteiger partial charge in [0.2, 0.25) is 12.0 Å². The molecule has 1 fully saturated rings. The van der Waals surface area contributed by atoms with E-state index in [1.807, 2.05) is 0 Å². The van der Waals surface area contributed by atoms with Gasteiger partial charge in [-0.05, 0) is 13.0 Å². The molecule has 112 valence electrons. The molecular weight excluding hydrogens is 280 g/mol. The van der Waals surface area contributed by atoms with Crippen LogP contribution in [-0.2, 0) is 19.1 Å². The van der Waals surface area contributed by atoms with Crippen molar-refractivity contribution < 1.29 is 33.3 Å². The van der Waals surface area contributed by atoms with E-state index in [1.165, 1.54) is 7.11 Å². The Hall–Kier alpha value is -2.44. The lowest BCUT2D eigenvalue weighted by molar-refractivity contribution is -0.205. The number of ether oxygens (including phenoxy) is 5. The average Bonchev–Trinajstić information content (AvgIpc) is 2.80. The summed E-state index contributed by atoms with van der Waals surface area (Å²) >= 11 is 0. The van der Waals surface area contributed by atoms with Gasteiger partial charge in [-0.15, -0.1) is 0 Å². The molecular formula is C14H14O7. The zero-order chi connectivity index (χ0) is 15.1. The number of esters is 2. The summed E-state index contributed by atoms with van der Waals surface area (Å²) in [5, 5.41) is 0. The van der Waals surface area contributed by atoms with Crippen molar-refractivity contribution in [1.82, 2.24) is 0 Å². The lowest BCUT2D eigenvalue weighted by Gasteiger charge is -2.24. The van der Waals surface area contributed by atoms with Gasteiger partial charge in [0.1, 0.15) is 6.42 Å². The number of fused-ring (bicyclic) bond motifs is 1. The molecule has 1 saturated heterocycles. The van der Waals surface area contributed by atoms with Crippen LogP contribution in [0, 0.1) is 6.92 Å². The summed E-state index contributed by atoms with van der Waals surface area (Å²) in [5.41, 5.74) is 1.16. The predicted molar refractivity (Wildman–Crippen MR) is 68.0 cm³/mol. The van der Waals surface area contributed by atoms with Crippen molar-refractivity contribution in [3.63, 3.8) is 0 Å². The molecule has 0 N–H and O–H groups in total. The number of cyclic esters (lactones) is 2. The maximum atomic E-state index is 11.4. The standard InChI is InChI=1S/C14H14O7/c1-6-8(14-20-10(15)5-11(16)21-14)4-9(17-3)13-12(6)18-7(2)19-13/h4,7,14H,5H2,1-3H3. The van der Waals surface area contributed by atoms with Crippen molar-refractivity contribution in [3.05, 3.63) is 17.2 Å². The first kappa shape index (κ1) is 13.5. The minimum atomic E-state index is -1.10. The van der Waals surface area contributed by atoms with Gasteiger partial charge in [0.05, 0.1) is 7.11 Å². The van der Waals surface area contributed by atoms with Crippen molar-refractivity contribution in [1.29, 1.82) is 0 Å². The molecule has 2 aliphatic heterocycles. The molecule has 0 saturated carbocycles. The molecule has 3 rings (SSSR count). The average molecular weight is 294 g/mol. The van der Waals surface area contributed by atoms with Crippen LogP contribution < -0.4 is 14.2 Å². The van der Waals surface area contributed by atoms with Gasteiger partial charge in [0.25, 0.3) is 6.29 Å². The minimum absolute atomic E-state index is 0.381. The number of carbonyl (C=O) groups is 2. The first-order chi connectivity index (χ1) is 9.99. The van der Waals surface area contributed by atoms with Gasteiger partial charge in [-0.25, -0.2) is 0 Å². The van der Waals surface area contributed by atoms with E-state index in [-0.39, 0.29) is 6.42 Å². The molecule has 0 aromatic heterocycles. The summed E-state index contributed by atoms with van der Waals surface area (Å²) in [4.78, 5) is 22.8. The van der Waals surface area contributed by atoms with Crippen LogP contribution in [0.2, 0.25) is 0 Å². The Morgan fingerprint density at radius 2 is 1.71 bits per heavy atom. The fraction of sp³-hybridized carbons (Fsp3) is 0.429. The lowest BCUT2D eigenvalue weighted by Crippen LogP contribution is -2.27. The summed E-state index contributed by atoms with van der Waals surface area (Å²) in [6.45, 7) is 3.52. The highest BCUT2D eigenvalue weighted by Crippen LogP contribution is 2.48. The van der Waals surface area contributed by atoms with E-state index in [9.17, 15) is 9.59 Å². The second-order valence-electron chi connectivity index (χ2n) is 4.74. The van der Waals surface area contributed by atoms with Crippen LogP contribution in [0.15, 0.2) is 6.07 Å². The van der Waals surface area contributed by atoms with Gasteiger partial charge < -0.3 is 23.7 Å². The second kappa shape index (κ2) is 4.83. The van der Waals surface area contributed by atoms with Crippen LogP contribution in [0.5, 0.6) is 17.2 Å². The minimum Gasteiger partial charge on any atom is -0.493 e. The highest BCUT2D eigenvalue weighted by atomic mass is 16.7. The van der Waals surface area contributed by atoms with Gasteiger partial charge in [0.15, 0.2) is 11.5 Å². The Bertz CT molecular complexity index is 606. The highest BCUT2D eigenvalue weighted by Gasteiger charge is 2.35. The Labute approximate surface area is 120 Å². The topological polar surface area (TPSA) is 80.3 Å². The summed E-state index contributed by atoms with van der Waals surface area (Å²) in [5.74, 6) is 0.156. The van der Waals surface area contributed by atoms with E-state index in [2.05, 4.69) is 0 Å². The van der Waals surface area contributed by atoms with Crippen LogP contribution in [0.1, 0.15) is 30.8 Å². The Morgan fingerprint density at radius 1 is 1.10 bits per heavy atom. The molecule has 0 bridgehead atoms. The molecule has 1 atom stereocenters. The van der Waals surface area contributed by atoms with E-state index in [4.69, 9.17) is 23.7 Å². The number of rotatable bonds is 2. The summed E-state index contributed by atoms with van der Waals surface area (Å²) in [7, 11) is 1.49. The summed E-state index contributed by atoms with van der Waals surface area (Å²) in [6.07, 6.45) is -1.93. The third-order valence-corrected chi connectivity index (χ3v) is 3.30. The first-order valence-corrected chi connectivity index (χ1v) is 6.43. The number of hydrogen-bond donors (Lipinski definition) is 0. The SMILES string of the molecule is COc1cc(C2OC(=O)CC(=O)O2)c(C)c2c1OC(C)O2. The van der Waals surface area contributed by atoms with Crippen molar-refractivity contribution in [3.8, 4) is 17.2 Å². The zero-order valence-corrected chi connectivity index (χ0v) is 11.8. The summed E-state index contributed by atoms with van der Waals surface area (Å²) in [6, 6.07) is 1.62. The molecule has 0 radical (unpaired) electrons. The molecule has 0 spiro atoms. The molecule has 2 aliphatic rings. The second-order valence-corrected chi connectivity index (χ2v) is 4.74. The predicted octanol–water partition coefficient (Wildman–Crippen LogP) is 1.61. The molecule has 1 unspecified atom stereocenters. The van der Waals surface area contributed by atoms with Crippen LogP contribution in [-0.4, -0.2) is 25.3 Å². The van der Waals surface area contributed by atoms with E-state index in [0.717, 1.165) is 0 Å². The lowest BCUT2D eigenvalue weighted by atomic mass is 10.1. The zero-order valence-electron chi connectivity index (χ0n) is 11.8. The molecule has 7 heteroatoms. The highest BCUT2D eigenvalue weighted by molar-refractivity contribution is 5.92. The van der Waals surface area contributed by atoms with Crippen molar-refractivity contribution >= 4 is 11.9 Å². The monoisotopic (exact) mass is 294 g/mol. The van der Waals surface area contributed by atoms with Crippen molar-refractivity contribution in [2.45, 2.75) is 32.8 Å². The van der Waals surface area contributed by atoms with Gasteiger partial charge in [-0.3, -0.25) is 9.59 Å². The largest absolute Gasteiger partial charge is 0.493 e. The van der Waals surface area contributed by atoms with Gasteiger partial charge in [-0.1, -0.05) is 0 Å². The Kier molecular flexibility index (Phi) is 3.12. The number of hydrogen-bond acceptors (Lipinski definition) is 7. The first-order valence-electron chi connectivity index (χ1n) is 6.43. The quantitative estimate of drug-likeness (QED) is 0.605. The molecule has 0 amide bonds. The fourth-order valence-corrected chi connectivity index (χ4v) is 2.33. The van der Waals surface area contributed by atoms with Crippen LogP contribution >= 0.6 is 0 Å². The van der Waals surface area contributed by atoms with E-state index in [1.54, 1.807) is 19.9 Å². The molecule has 7 nitrogen and oxygen atoms in total. The molecule has 0 aliphatic carbocycles. The summed E-state index contributed by atoms with van der Waals surface area (Å²) < 4.78 is 26.5. The smallest absolute Gasteiger partial charge is 0.320 e. The third-order valence-electron chi connectivity index (χ3n) is 3.30. The van der Waals surface area contributed by atoms with E-state index < -0.39 is 24.5 Å². The van der Waals surface area contributed by atoms with E-state index in [0.29, 0.717) is 28.4 Å². The number of methoxy groups -OCH3 is 1. The van der Waals surface area contributed by atoms with Crippen LogP contribution in [0.4, 0.5) is 0 Å². The molecule has 1 aromatic rings. The van der Waals surface area contributed by atoms with Crippen molar-refractivity contribution in [2.24, 2.45) is 0 Å². The van der Waals surface area contributed by atoms with E-state index >= 15 is 0 Å². The maximum Gasteiger partial charge on any atom is 0.320 e. The normalized spacial score (nSPS) is 21.0. The molecule has 2 heterocycles. The number of carbonyl (C=O) groups excluding carboxylic acids is 2. The Balaban J connectivity index is 2.05. The Morgan fingerprint density at radius 3 is 2.33 bits per heavy atom. The van der Waals surface area contributed by atoms with Gasteiger partial charge in [0, 0.05) is 18.1 Å². The van der Waals surface area contributed by atoms with Gasteiger partial charge >= 0.3 is 11.9 Å². The van der Waals surface area contributed by atoms with Gasteiger partial charge in [-0.2, -0.15) is 0 Å². The van der Waals surface area contributed by atoms with Crippen LogP contribution in [0.3, 0.4) is 0 Å². The molecule has 21 heavy (non-hydrogen) atoms. The maximum absolute atomic E-state index is 11.4.